The predicted molar refractivity (Wildman–Crippen MR) is 102 cm³/mol. The predicted octanol–water partition coefficient (Wildman–Crippen LogP) is 3.59. The van der Waals surface area contributed by atoms with Crippen LogP contribution in [0, 0.1) is 0 Å². The van der Waals surface area contributed by atoms with Gasteiger partial charge in [0.25, 0.3) is 5.91 Å². The van der Waals surface area contributed by atoms with Gasteiger partial charge in [0.05, 0.1) is 0 Å². The van der Waals surface area contributed by atoms with Crippen LogP contribution in [0.4, 0.5) is 10.5 Å². The van der Waals surface area contributed by atoms with Crippen LogP contribution in [0.15, 0.2) is 18.2 Å². The summed E-state index contributed by atoms with van der Waals surface area (Å²) < 4.78 is 0. The lowest BCUT2D eigenvalue weighted by Gasteiger charge is -2.22. The van der Waals surface area contributed by atoms with Gasteiger partial charge in [0.15, 0.2) is 0 Å². The lowest BCUT2D eigenvalue weighted by Crippen LogP contribution is -2.44. The number of nitrogens with zero attached hydrogens (tertiary/aromatic N) is 1. The van der Waals surface area contributed by atoms with Crippen molar-refractivity contribution in [3.63, 3.8) is 0 Å². The lowest BCUT2D eigenvalue weighted by molar-refractivity contribution is -0.133. The standard InChI is InChI=1S/C20H29N3O3/c1-7-20(6)18(25)23(19(26)22-20)11-16(24)21-17-14(12(2)3)9-8-10-15(17)13(4)5/h8-10,12-13H,7,11H2,1-6H3,(H,21,24)(H,22,26)/t20-/m0/s1. The van der Waals surface area contributed by atoms with Crippen molar-refractivity contribution in [1.29, 1.82) is 0 Å². The van der Waals surface area contributed by atoms with E-state index in [1.165, 1.54) is 0 Å². The van der Waals surface area contributed by atoms with Gasteiger partial charge in [-0.1, -0.05) is 52.8 Å². The topological polar surface area (TPSA) is 78.5 Å². The molecule has 1 aromatic carbocycles. The minimum Gasteiger partial charge on any atom is -0.324 e. The summed E-state index contributed by atoms with van der Waals surface area (Å²) in [5, 5.41) is 5.61. The van der Waals surface area contributed by atoms with Gasteiger partial charge in [0.2, 0.25) is 5.91 Å². The van der Waals surface area contributed by atoms with Gasteiger partial charge in [0.1, 0.15) is 12.1 Å². The first kappa shape index (κ1) is 19.9. The highest BCUT2D eigenvalue weighted by molar-refractivity contribution is 6.10. The van der Waals surface area contributed by atoms with Crippen molar-refractivity contribution in [3.05, 3.63) is 29.3 Å². The molecule has 1 saturated heterocycles. The molecule has 142 valence electrons. The molecule has 2 rings (SSSR count). The van der Waals surface area contributed by atoms with Crippen molar-refractivity contribution in [2.24, 2.45) is 0 Å². The Labute approximate surface area is 155 Å². The van der Waals surface area contributed by atoms with E-state index in [4.69, 9.17) is 0 Å². The van der Waals surface area contributed by atoms with E-state index >= 15 is 0 Å². The quantitative estimate of drug-likeness (QED) is 0.762. The van der Waals surface area contributed by atoms with Crippen molar-refractivity contribution < 1.29 is 14.4 Å². The number of hydrogen-bond acceptors (Lipinski definition) is 3. The van der Waals surface area contributed by atoms with Crippen molar-refractivity contribution in [2.45, 2.75) is 65.3 Å². The third-order valence-electron chi connectivity index (χ3n) is 4.99. The Kier molecular flexibility index (Phi) is 5.74. The molecule has 1 aliphatic rings. The first-order valence-corrected chi connectivity index (χ1v) is 9.17. The van der Waals surface area contributed by atoms with Gasteiger partial charge in [-0.2, -0.15) is 0 Å². The van der Waals surface area contributed by atoms with Crippen LogP contribution < -0.4 is 10.6 Å². The maximum absolute atomic E-state index is 12.6. The van der Waals surface area contributed by atoms with Crippen molar-refractivity contribution >= 4 is 23.5 Å². The highest BCUT2D eigenvalue weighted by Gasteiger charge is 2.47. The second-order valence-corrected chi connectivity index (χ2v) is 7.68. The van der Waals surface area contributed by atoms with E-state index < -0.39 is 11.6 Å². The molecule has 0 radical (unpaired) electrons. The van der Waals surface area contributed by atoms with Crippen molar-refractivity contribution in [2.75, 3.05) is 11.9 Å². The summed E-state index contributed by atoms with van der Waals surface area (Å²) in [7, 11) is 0. The zero-order chi connectivity index (χ0) is 19.6. The van der Waals surface area contributed by atoms with Crippen molar-refractivity contribution in [3.8, 4) is 0 Å². The third kappa shape index (κ3) is 3.74. The summed E-state index contributed by atoms with van der Waals surface area (Å²) in [6, 6.07) is 5.46. The van der Waals surface area contributed by atoms with Crippen molar-refractivity contribution in [1.82, 2.24) is 10.2 Å². The first-order valence-electron chi connectivity index (χ1n) is 9.17. The van der Waals surface area contributed by atoms with E-state index in [1.54, 1.807) is 6.92 Å². The third-order valence-corrected chi connectivity index (χ3v) is 4.99. The molecule has 0 unspecified atom stereocenters. The zero-order valence-electron chi connectivity index (χ0n) is 16.5. The molecule has 1 aliphatic heterocycles. The second kappa shape index (κ2) is 7.48. The molecule has 0 aromatic heterocycles. The SMILES string of the molecule is CC[C@]1(C)NC(=O)N(CC(=O)Nc2c(C(C)C)cccc2C(C)C)C1=O. The van der Waals surface area contributed by atoms with Crippen LogP contribution in [-0.2, 0) is 9.59 Å². The maximum Gasteiger partial charge on any atom is 0.325 e. The Hall–Kier alpha value is -2.37. The van der Waals surface area contributed by atoms with Crippen LogP contribution in [0.5, 0.6) is 0 Å². The van der Waals surface area contributed by atoms with E-state index in [0.29, 0.717) is 6.42 Å². The smallest absolute Gasteiger partial charge is 0.324 e. The van der Waals surface area contributed by atoms with E-state index in [9.17, 15) is 14.4 Å². The van der Waals surface area contributed by atoms with Gasteiger partial charge in [0, 0.05) is 5.69 Å². The average molecular weight is 359 g/mol. The number of carbonyl (C=O) groups excluding carboxylic acids is 3. The molecule has 1 fully saturated rings. The van der Waals surface area contributed by atoms with Gasteiger partial charge in [-0.25, -0.2) is 4.79 Å². The maximum atomic E-state index is 12.6. The number of nitrogens with one attached hydrogen (secondary N) is 2. The second-order valence-electron chi connectivity index (χ2n) is 7.68. The summed E-state index contributed by atoms with van der Waals surface area (Å²) in [5.41, 5.74) is 1.93. The van der Waals surface area contributed by atoms with Crippen LogP contribution in [0.25, 0.3) is 0 Å². The summed E-state index contributed by atoms with van der Waals surface area (Å²) in [5.74, 6) is -0.251. The van der Waals surface area contributed by atoms with Crippen LogP contribution >= 0.6 is 0 Å². The number of benzene rings is 1. The molecule has 2 N–H and O–H groups in total. The Morgan fingerprint density at radius 2 is 1.69 bits per heavy atom. The van der Waals surface area contributed by atoms with Crippen LogP contribution in [-0.4, -0.2) is 34.8 Å². The first-order chi connectivity index (χ1) is 12.1. The van der Waals surface area contributed by atoms with E-state index in [1.807, 2.05) is 25.1 Å². The van der Waals surface area contributed by atoms with Gasteiger partial charge in [-0.15, -0.1) is 0 Å². The van der Waals surface area contributed by atoms with Gasteiger partial charge >= 0.3 is 6.03 Å². The molecule has 6 heteroatoms. The summed E-state index contributed by atoms with van der Waals surface area (Å²) in [6.45, 7) is 11.5. The zero-order valence-corrected chi connectivity index (χ0v) is 16.5. The van der Waals surface area contributed by atoms with E-state index in [-0.39, 0.29) is 30.2 Å². The summed E-state index contributed by atoms with van der Waals surface area (Å²) in [4.78, 5) is 38.2. The number of anilines is 1. The molecular formula is C20H29N3O3. The highest BCUT2D eigenvalue weighted by Crippen LogP contribution is 2.32. The Balaban J connectivity index is 2.23. The Bertz CT molecular complexity index is 701. The molecule has 6 nitrogen and oxygen atoms in total. The molecule has 0 saturated carbocycles. The highest BCUT2D eigenvalue weighted by atomic mass is 16.2. The molecule has 4 amide bonds. The molecule has 1 heterocycles. The van der Waals surface area contributed by atoms with Gasteiger partial charge in [-0.05, 0) is 36.3 Å². The number of para-hydroxylation sites is 1. The monoisotopic (exact) mass is 359 g/mol. The normalized spacial score (nSPS) is 20.1. The fourth-order valence-corrected chi connectivity index (χ4v) is 3.15. The molecule has 0 aliphatic carbocycles. The molecule has 0 bridgehead atoms. The Morgan fingerprint density at radius 1 is 1.15 bits per heavy atom. The van der Waals surface area contributed by atoms with E-state index in [2.05, 4.69) is 38.3 Å². The molecule has 1 aromatic rings. The van der Waals surface area contributed by atoms with E-state index in [0.717, 1.165) is 21.7 Å². The molecular weight excluding hydrogens is 330 g/mol. The number of urea groups is 1. The van der Waals surface area contributed by atoms with Crippen LogP contribution in [0.2, 0.25) is 0 Å². The minimum atomic E-state index is -0.934. The fraction of sp³-hybridized carbons (Fsp3) is 0.550. The summed E-state index contributed by atoms with van der Waals surface area (Å²) >= 11 is 0. The minimum absolute atomic E-state index is 0.240. The number of hydrogen-bond donors (Lipinski definition) is 2. The van der Waals surface area contributed by atoms with Gasteiger partial charge < -0.3 is 10.6 Å². The van der Waals surface area contributed by atoms with Gasteiger partial charge in [-0.3, -0.25) is 14.5 Å². The van der Waals surface area contributed by atoms with Crippen LogP contribution in [0.3, 0.4) is 0 Å². The average Bonchev–Trinajstić information content (AvgIpc) is 2.78. The van der Waals surface area contributed by atoms with Crippen LogP contribution in [0.1, 0.15) is 70.9 Å². The number of amides is 4. The number of carbonyl (C=O) groups is 3. The number of rotatable bonds is 6. The lowest BCUT2D eigenvalue weighted by atomic mass is 9.92. The summed E-state index contributed by atoms with van der Waals surface area (Å²) in [6.07, 6.45) is 0.476. The molecule has 0 spiro atoms. The number of imide groups is 1. The Morgan fingerprint density at radius 3 is 2.12 bits per heavy atom. The molecule has 1 atom stereocenters. The fourth-order valence-electron chi connectivity index (χ4n) is 3.15. The molecule has 26 heavy (non-hydrogen) atoms. The largest absolute Gasteiger partial charge is 0.325 e.